The summed E-state index contributed by atoms with van der Waals surface area (Å²) in [5.74, 6) is -0.00414. The molecule has 160 valence electrons. The molecule has 1 N–H and O–H groups in total. The van der Waals surface area contributed by atoms with E-state index < -0.39 is 28.3 Å². The molecule has 0 saturated carbocycles. The molecule has 30 heavy (non-hydrogen) atoms. The van der Waals surface area contributed by atoms with Crippen LogP contribution >= 0.6 is 11.6 Å². The summed E-state index contributed by atoms with van der Waals surface area (Å²) in [6.07, 6.45) is 1.57. The van der Waals surface area contributed by atoms with Gasteiger partial charge < -0.3 is 19.5 Å². The number of carbonyl (C=O) groups is 2. The van der Waals surface area contributed by atoms with Gasteiger partial charge in [0.1, 0.15) is 13.2 Å². The molecule has 1 aliphatic heterocycles. The lowest BCUT2D eigenvalue weighted by atomic mass is 10.1. The number of carbonyl (C=O) groups excluding carboxylic acids is 2. The van der Waals surface area contributed by atoms with Gasteiger partial charge in [-0.15, -0.1) is 0 Å². The number of benzene rings is 2. The first-order chi connectivity index (χ1) is 14.2. The van der Waals surface area contributed by atoms with E-state index in [4.69, 9.17) is 25.8 Å². The molecular weight excluding hydrogens is 434 g/mol. The van der Waals surface area contributed by atoms with Crippen LogP contribution in [0.1, 0.15) is 15.9 Å². The molecule has 2 aromatic carbocycles. The second-order valence-corrected chi connectivity index (χ2v) is 8.99. The molecule has 0 atom stereocenters. The standard InChI is InChI=1S/C20H20ClNO7S/c1-30(25,26)14-3-4-16(21)15(11-14)20(24)29-12-19(23)22-7-6-13-2-5-17-18(10-13)28-9-8-27-17/h2-5,10-11H,6-9,12H2,1H3,(H,22,23). The van der Waals surface area contributed by atoms with E-state index in [-0.39, 0.29) is 15.5 Å². The lowest BCUT2D eigenvalue weighted by molar-refractivity contribution is -0.124. The van der Waals surface area contributed by atoms with Crippen molar-refractivity contribution in [3.8, 4) is 11.5 Å². The van der Waals surface area contributed by atoms with Gasteiger partial charge in [-0.1, -0.05) is 17.7 Å². The van der Waals surface area contributed by atoms with E-state index in [1.165, 1.54) is 12.1 Å². The third kappa shape index (κ3) is 5.64. The van der Waals surface area contributed by atoms with Gasteiger partial charge in [0.15, 0.2) is 27.9 Å². The van der Waals surface area contributed by atoms with Crippen LogP contribution in [0.5, 0.6) is 11.5 Å². The fourth-order valence-corrected chi connectivity index (χ4v) is 3.58. The van der Waals surface area contributed by atoms with Crippen molar-refractivity contribution in [1.29, 1.82) is 0 Å². The van der Waals surface area contributed by atoms with Gasteiger partial charge in [-0.3, -0.25) is 4.79 Å². The van der Waals surface area contributed by atoms with Crippen molar-refractivity contribution in [2.75, 3.05) is 32.6 Å². The van der Waals surface area contributed by atoms with Crippen LogP contribution in [0, 0.1) is 0 Å². The zero-order valence-electron chi connectivity index (χ0n) is 16.1. The van der Waals surface area contributed by atoms with Crippen LogP contribution in [0.3, 0.4) is 0 Å². The summed E-state index contributed by atoms with van der Waals surface area (Å²) in [5, 5.41) is 2.68. The minimum atomic E-state index is -3.51. The Morgan fingerprint density at radius 2 is 1.83 bits per heavy atom. The van der Waals surface area contributed by atoms with Gasteiger partial charge in [0.25, 0.3) is 5.91 Å². The van der Waals surface area contributed by atoms with Crippen LogP contribution < -0.4 is 14.8 Å². The van der Waals surface area contributed by atoms with Gasteiger partial charge in [0.2, 0.25) is 0 Å². The number of hydrogen-bond donors (Lipinski definition) is 1. The third-order valence-electron chi connectivity index (χ3n) is 4.26. The number of amides is 1. The van der Waals surface area contributed by atoms with Crippen molar-refractivity contribution in [2.45, 2.75) is 11.3 Å². The van der Waals surface area contributed by atoms with Crippen molar-refractivity contribution >= 4 is 33.3 Å². The van der Waals surface area contributed by atoms with Crippen LogP contribution in [0.2, 0.25) is 5.02 Å². The van der Waals surface area contributed by atoms with Crippen molar-refractivity contribution in [3.05, 3.63) is 52.5 Å². The van der Waals surface area contributed by atoms with Crippen LogP contribution in [-0.4, -0.2) is 52.9 Å². The van der Waals surface area contributed by atoms with Gasteiger partial charge in [-0.2, -0.15) is 0 Å². The van der Waals surface area contributed by atoms with E-state index in [0.29, 0.717) is 37.7 Å². The second kappa shape index (κ2) is 9.36. The first-order valence-electron chi connectivity index (χ1n) is 9.06. The number of nitrogens with one attached hydrogen (secondary N) is 1. The number of sulfone groups is 1. The molecule has 1 aliphatic rings. The predicted molar refractivity (Wildman–Crippen MR) is 109 cm³/mol. The van der Waals surface area contributed by atoms with Crippen molar-refractivity contribution in [3.63, 3.8) is 0 Å². The summed E-state index contributed by atoms with van der Waals surface area (Å²) >= 11 is 5.94. The van der Waals surface area contributed by atoms with E-state index in [2.05, 4.69) is 5.32 Å². The van der Waals surface area contributed by atoms with E-state index in [0.717, 1.165) is 17.9 Å². The van der Waals surface area contributed by atoms with Crippen LogP contribution in [-0.2, 0) is 25.8 Å². The van der Waals surface area contributed by atoms with E-state index in [1.807, 2.05) is 18.2 Å². The summed E-state index contributed by atoms with van der Waals surface area (Å²) in [6, 6.07) is 9.27. The number of ether oxygens (including phenoxy) is 3. The summed E-state index contributed by atoms with van der Waals surface area (Å²) in [4.78, 5) is 24.1. The van der Waals surface area contributed by atoms with Gasteiger partial charge in [-0.25, -0.2) is 13.2 Å². The molecule has 0 spiro atoms. The molecule has 2 aromatic rings. The van der Waals surface area contributed by atoms with Crippen molar-refractivity contribution in [1.82, 2.24) is 5.32 Å². The molecular formula is C20H20ClNO7S. The predicted octanol–water partition coefficient (Wildman–Crippen LogP) is 2.03. The molecule has 1 heterocycles. The highest BCUT2D eigenvalue weighted by Gasteiger charge is 2.18. The van der Waals surface area contributed by atoms with Gasteiger partial charge in [0, 0.05) is 12.8 Å². The number of fused-ring (bicyclic) bond motifs is 1. The monoisotopic (exact) mass is 453 g/mol. The Morgan fingerprint density at radius 3 is 2.57 bits per heavy atom. The Bertz CT molecular complexity index is 1070. The quantitative estimate of drug-likeness (QED) is 0.639. The maximum atomic E-state index is 12.2. The number of rotatable bonds is 7. The zero-order chi connectivity index (χ0) is 21.7. The van der Waals surface area contributed by atoms with E-state index in [1.54, 1.807) is 0 Å². The first-order valence-corrected chi connectivity index (χ1v) is 11.3. The molecule has 8 nitrogen and oxygen atoms in total. The molecule has 0 fully saturated rings. The minimum Gasteiger partial charge on any atom is -0.486 e. The Balaban J connectivity index is 1.48. The highest BCUT2D eigenvalue weighted by molar-refractivity contribution is 7.90. The zero-order valence-corrected chi connectivity index (χ0v) is 17.7. The highest BCUT2D eigenvalue weighted by Crippen LogP contribution is 2.30. The fourth-order valence-electron chi connectivity index (χ4n) is 2.74. The minimum absolute atomic E-state index is 0.0337. The molecule has 0 unspecified atom stereocenters. The average Bonchev–Trinajstić information content (AvgIpc) is 2.71. The smallest absolute Gasteiger partial charge is 0.340 e. The van der Waals surface area contributed by atoms with Crippen LogP contribution in [0.25, 0.3) is 0 Å². The maximum absolute atomic E-state index is 12.2. The largest absolute Gasteiger partial charge is 0.486 e. The molecule has 3 rings (SSSR count). The number of hydrogen-bond acceptors (Lipinski definition) is 7. The molecule has 0 bridgehead atoms. The lowest BCUT2D eigenvalue weighted by Crippen LogP contribution is -2.30. The van der Waals surface area contributed by atoms with E-state index >= 15 is 0 Å². The average molecular weight is 454 g/mol. The fraction of sp³-hybridized carbons (Fsp3) is 0.300. The third-order valence-corrected chi connectivity index (χ3v) is 5.70. The Morgan fingerprint density at radius 1 is 1.10 bits per heavy atom. The Labute approximate surface area is 179 Å². The van der Waals surface area contributed by atoms with Crippen molar-refractivity contribution < 1.29 is 32.2 Å². The Kier molecular flexibility index (Phi) is 6.84. The molecule has 1 amide bonds. The molecule has 0 aromatic heterocycles. The van der Waals surface area contributed by atoms with E-state index in [9.17, 15) is 18.0 Å². The summed E-state index contributed by atoms with van der Waals surface area (Å²) in [5.41, 5.74) is 0.838. The molecule has 0 saturated heterocycles. The van der Waals surface area contributed by atoms with Gasteiger partial charge in [-0.05, 0) is 42.3 Å². The van der Waals surface area contributed by atoms with Gasteiger partial charge >= 0.3 is 5.97 Å². The van der Waals surface area contributed by atoms with Gasteiger partial charge in [0.05, 0.1) is 15.5 Å². The molecule has 10 heteroatoms. The molecule has 0 aliphatic carbocycles. The van der Waals surface area contributed by atoms with Crippen molar-refractivity contribution in [2.24, 2.45) is 0 Å². The maximum Gasteiger partial charge on any atom is 0.340 e. The second-order valence-electron chi connectivity index (χ2n) is 6.57. The van der Waals surface area contributed by atoms with Crippen LogP contribution in [0.15, 0.2) is 41.3 Å². The normalized spacial score (nSPS) is 12.9. The number of halogens is 1. The number of esters is 1. The van der Waals surface area contributed by atoms with Crippen LogP contribution in [0.4, 0.5) is 0 Å². The topological polar surface area (TPSA) is 108 Å². The summed E-state index contributed by atoms with van der Waals surface area (Å²) in [6.45, 7) is 0.834. The first kappa shape index (κ1) is 21.9. The summed E-state index contributed by atoms with van der Waals surface area (Å²) < 4.78 is 39.2. The SMILES string of the molecule is CS(=O)(=O)c1ccc(Cl)c(C(=O)OCC(=O)NCCc2ccc3c(c2)OCCO3)c1. The Hall–Kier alpha value is -2.78. The highest BCUT2D eigenvalue weighted by atomic mass is 35.5. The summed E-state index contributed by atoms with van der Waals surface area (Å²) in [7, 11) is -3.51. The molecule has 0 radical (unpaired) electrons. The lowest BCUT2D eigenvalue weighted by Gasteiger charge is -2.18.